The molecule has 0 aromatic carbocycles. The second-order valence-corrected chi connectivity index (χ2v) is 14.5. The highest BCUT2D eigenvalue weighted by molar-refractivity contribution is 8.00. The van der Waals surface area contributed by atoms with E-state index in [1.165, 1.54) is 63.4 Å². The average Bonchev–Trinajstić information content (AvgIpc) is 2.87. The minimum atomic E-state index is -0.852. The Hall–Kier alpha value is -1.27. The number of carboxylic acids is 1. The van der Waals surface area contributed by atoms with Gasteiger partial charge >= 0.3 is 5.97 Å². The van der Waals surface area contributed by atoms with Crippen molar-refractivity contribution >= 4 is 35.1 Å². The molecule has 1 aliphatic rings. The van der Waals surface area contributed by atoms with Crippen LogP contribution in [0, 0.1) is 17.8 Å². The van der Waals surface area contributed by atoms with E-state index in [4.69, 9.17) is 11.6 Å². The maximum absolute atomic E-state index is 12.2. The summed E-state index contributed by atoms with van der Waals surface area (Å²) in [4.78, 5) is 20.2. The molecule has 1 aromatic heterocycles. The van der Waals surface area contributed by atoms with E-state index in [0.717, 1.165) is 49.2 Å². The van der Waals surface area contributed by atoms with Crippen LogP contribution in [-0.2, 0) is 4.79 Å². The fourth-order valence-corrected chi connectivity index (χ4v) is 7.35. The van der Waals surface area contributed by atoms with Crippen molar-refractivity contribution in [2.24, 2.45) is 17.8 Å². The lowest BCUT2D eigenvalue weighted by atomic mass is 9.88. The quantitative estimate of drug-likeness (QED) is 0.125. The van der Waals surface area contributed by atoms with Gasteiger partial charge in [0.25, 0.3) is 0 Å². The zero-order valence-corrected chi connectivity index (χ0v) is 26.8. The number of nitrogens with one attached hydrogen (secondary N) is 1. The highest BCUT2D eigenvalue weighted by Gasteiger charge is 2.37. The minimum absolute atomic E-state index is 0.0639. The van der Waals surface area contributed by atoms with E-state index in [1.807, 2.05) is 11.8 Å². The Morgan fingerprint density at radius 1 is 1.10 bits per heavy atom. The van der Waals surface area contributed by atoms with Crippen molar-refractivity contribution < 1.29 is 9.90 Å². The molecule has 0 spiro atoms. The van der Waals surface area contributed by atoms with Crippen molar-refractivity contribution in [1.29, 1.82) is 0 Å². The van der Waals surface area contributed by atoms with Gasteiger partial charge in [0, 0.05) is 10.9 Å². The highest BCUT2D eigenvalue weighted by atomic mass is 35.5. The van der Waals surface area contributed by atoms with Gasteiger partial charge in [0.05, 0.1) is 0 Å². The summed E-state index contributed by atoms with van der Waals surface area (Å²) in [5.41, 5.74) is 1.44. The minimum Gasteiger partial charge on any atom is -0.480 e. The first-order valence-corrected chi connectivity index (χ1v) is 16.7. The van der Waals surface area contributed by atoms with Crippen molar-refractivity contribution in [1.82, 2.24) is 9.97 Å². The number of nitrogens with zero attached hydrogens (tertiary/aromatic N) is 2. The lowest BCUT2D eigenvalue weighted by molar-refractivity contribution is -0.138. The number of carbonyl (C=O) groups is 1. The lowest BCUT2D eigenvalue weighted by Crippen LogP contribution is -2.40. The number of rotatable bonds is 19. The van der Waals surface area contributed by atoms with Crippen LogP contribution in [0.25, 0.3) is 0 Å². The zero-order chi connectivity index (χ0) is 28.7. The average molecular weight is 580 g/mol. The van der Waals surface area contributed by atoms with Crippen LogP contribution in [0.4, 0.5) is 5.82 Å². The van der Waals surface area contributed by atoms with E-state index in [2.05, 4.69) is 56.0 Å². The van der Waals surface area contributed by atoms with E-state index < -0.39 is 12.0 Å². The standard InChI is InChI=1S/C32H54ClN3O2S/c1-24(2)11-8-12-25(3)13-9-14-26(4)15-10-16-27(5)17-20-32(19-6-7-22-39-32)23-28(30(37)38)35-29-18-21-34-31(33)36-29/h17-18,21,24-26,28H,6-16,19-20,22-23H2,1-5H3,(H,37,38)(H,34,35,36)/b27-17+/t25?,26?,28-,32?/m1/s1. The number of hydrogen-bond acceptors (Lipinski definition) is 5. The van der Waals surface area contributed by atoms with Gasteiger partial charge in [-0.25, -0.2) is 14.8 Å². The second kappa shape index (κ2) is 18.2. The molecule has 0 aliphatic carbocycles. The summed E-state index contributed by atoms with van der Waals surface area (Å²) < 4.78 is -0.0639. The normalized spacial score (nSPS) is 20.5. The summed E-state index contributed by atoms with van der Waals surface area (Å²) in [5.74, 6) is 3.18. The number of aliphatic carboxylic acids is 1. The zero-order valence-electron chi connectivity index (χ0n) is 25.2. The van der Waals surface area contributed by atoms with Crippen molar-refractivity contribution in [2.75, 3.05) is 11.1 Å². The predicted octanol–water partition coefficient (Wildman–Crippen LogP) is 9.82. The molecule has 222 valence electrons. The summed E-state index contributed by atoms with van der Waals surface area (Å²) in [6, 6.07) is 0.955. The first-order chi connectivity index (χ1) is 18.6. The van der Waals surface area contributed by atoms with Gasteiger partial charge in [-0.1, -0.05) is 90.7 Å². The van der Waals surface area contributed by atoms with Crippen LogP contribution in [0.1, 0.15) is 125 Å². The molecule has 3 unspecified atom stereocenters. The molecule has 2 N–H and O–H groups in total. The van der Waals surface area contributed by atoms with E-state index in [1.54, 1.807) is 12.3 Å². The third-order valence-corrected chi connectivity index (χ3v) is 10.0. The van der Waals surface area contributed by atoms with E-state index in [9.17, 15) is 9.90 Å². The van der Waals surface area contributed by atoms with Crippen molar-refractivity contribution in [3.63, 3.8) is 0 Å². The Balaban J connectivity index is 1.80. The number of allylic oxidation sites excluding steroid dienone is 2. The van der Waals surface area contributed by atoms with Crippen LogP contribution in [0.5, 0.6) is 0 Å². The van der Waals surface area contributed by atoms with E-state index in [-0.39, 0.29) is 10.0 Å². The summed E-state index contributed by atoms with van der Waals surface area (Å²) in [5, 5.41) is 13.2. The SMILES string of the molecule is C/C(=C\CC1(C[C@@H](Nc2ccnc(Cl)n2)C(=O)O)CCCCS1)CCCC(C)CCCC(C)CCCC(C)C. The molecular weight excluding hydrogens is 526 g/mol. The summed E-state index contributed by atoms with van der Waals surface area (Å²) in [6.45, 7) is 11.7. The van der Waals surface area contributed by atoms with Crippen LogP contribution in [0.3, 0.4) is 0 Å². The van der Waals surface area contributed by atoms with Crippen molar-refractivity contribution in [3.05, 3.63) is 29.2 Å². The van der Waals surface area contributed by atoms with Gasteiger partial charge in [-0.05, 0) is 86.6 Å². The van der Waals surface area contributed by atoms with Crippen LogP contribution in [0.15, 0.2) is 23.9 Å². The van der Waals surface area contributed by atoms with Gasteiger partial charge in [-0.15, -0.1) is 0 Å². The van der Waals surface area contributed by atoms with Crippen LogP contribution in [0.2, 0.25) is 5.28 Å². The summed E-state index contributed by atoms with van der Waals surface area (Å²) in [7, 11) is 0. The molecule has 1 fully saturated rings. The topological polar surface area (TPSA) is 75.1 Å². The second-order valence-electron chi connectivity index (χ2n) is 12.6. The lowest BCUT2D eigenvalue weighted by Gasteiger charge is -2.38. The molecule has 1 aromatic rings. The molecule has 0 bridgehead atoms. The van der Waals surface area contributed by atoms with Crippen LogP contribution >= 0.6 is 23.4 Å². The molecule has 1 saturated heterocycles. The maximum Gasteiger partial charge on any atom is 0.326 e. The Kier molecular flexibility index (Phi) is 15.9. The molecule has 0 amide bonds. The third kappa shape index (κ3) is 14.3. The molecular formula is C32H54ClN3O2S. The van der Waals surface area contributed by atoms with Crippen molar-refractivity contribution in [3.8, 4) is 0 Å². The van der Waals surface area contributed by atoms with Gasteiger partial charge in [0.2, 0.25) is 5.28 Å². The molecule has 5 nitrogen and oxygen atoms in total. The fraction of sp³-hybridized carbons (Fsp3) is 0.781. The Labute approximate surface area is 247 Å². The predicted molar refractivity (Wildman–Crippen MR) is 169 cm³/mol. The Bertz CT molecular complexity index is 873. The number of anilines is 1. The van der Waals surface area contributed by atoms with Crippen molar-refractivity contribution in [2.45, 2.75) is 135 Å². The fourth-order valence-electron chi connectivity index (χ4n) is 5.65. The molecule has 4 atom stereocenters. The number of aromatic nitrogens is 2. The smallest absolute Gasteiger partial charge is 0.326 e. The van der Waals surface area contributed by atoms with Gasteiger partial charge < -0.3 is 10.4 Å². The van der Waals surface area contributed by atoms with E-state index >= 15 is 0 Å². The van der Waals surface area contributed by atoms with E-state index in [0.29, 0.717) is 12.2 Å². The first-order valence-electron chi connectivity index (χ1n) is 15.4. The monoisotopic (exact) mass is 579 g/mol. The Morgan fingerprint density at radius 3 is 2.36 bits per heavy atom. The van der Waals surface area contributed by atoms with Gasteiger partial charge in [0.1, 0.15) is 11.9 Å². The molecule has 0 saturated carbocycles. The van der Waals surface area contributed by atoms with Gasteiger partial charge in [-0.3, -0.25) is 0 Å². The third-order valence-electron chi connectivity index (χ3n) is 8.22. The highest BCUT2D eigenvalue weighted by Crippen LogP contribution is 2.44. The first kappa shape index (κ1) is 33.9. The molecule has 0 radical (unpaired) electrons. The number of halogens is 1. The van der Waals surface area contributed by atoms with Crippen LogP contribution < -0.4 is 5.32 Å². The molecule has 2 rings (SSSR count). The molecule has 7 heteroatoms. The Morgan fingerprint density at radius 2 is 1.77 bits per heavy atom. The number of hydrogen-bond donors (Lipinski definition) is 2. The number of thioether (sulfide) groups is 1. The molecule has 1 aliphatic heterocycles. The summed E-state index contributed by atoms with van der Waals surface area (Å²) >= 11 is 7.87. The largest absolute Gasteiger partial charge is 0.480 e. The van der Waals surface area contributed by atoms with Gasteiger partial charge in [0.15, 0.2) is 0 Å². The number of carboxylic acid groups (broad SMARTS) is 1. The molecule has 2 heterocycles. The van der Waals surface area contributed by atoms with Crippen LogP contribution in [-0.4, -0.2) is 37.6 Å². The summed E-state index contributed by atoms with van der Waals surface area (Å²) in [6.07, 6.45) is 20.7. The maximum atomic E-state index is 12.2. The van der Waals surface area contributed by atoms with Gasteiger partial charge in [-0.2, -0.15) is 11.8 Å². The molecule has 39 heavy (non-hydrogen) atoms.